The van der Waals surface area contributed by atoms with E-state index in [1.807, 2.05) is 0 Å². The van der Waals surface area contributed by atoms with Gasteiger partial charge in [0.15, 0.2) is 0 Å². The van der Waals surface area contributed by atoms with Crippen LogP contribution in [0.3, 0.4) is 0 Å². The van der Waals surface area contributed by atoms with Crippen LogP contribution in [0.25, 0.3) is 0 Å². The van der Waals surface area contributed by atoms with Gasteiger partial charge in [0, 0.05) is 23.1 Å². The second-order valence-corrected chi connectivity index (χ2v) is 5.65. The molecular weight excluding hydrogens is 352 g/mol. The zero-order chi connectivity index (χ0) is 19.4. The van der Waals surface area contributed by atoms with Gasteiger partial charge in [-0.1, -0.05) is 18.2 Å². The Kier molecular flexibility index (Phi) is 5.12. The summed E-state index contributed by atoms with van der Waals surface area (Å²) in [6.07, 6.45) is 0. The number of amides is 2. The van der Waals surface area contributed by atoms with Crippen molar-refractivity contribution in [1.29, 1.82) is 0 Å². The maximum Gasteiger partial charge on any atom is 0.321 e. The summed E-state index contributed by atoms with van der Waals surface area (Å²) in [4.78, 5) is 26.4. The van der Waals surface area contributed by atoms with Crippen LogP contribution in [-0.2, 0) is 9.59 Å². The zero-order valence-electron chi connectivity index (χ0n) is 14.0. The molecule has 0 bridgehead atoms. The second-order valence-electron chi connectivity index (χ2n) is 5.65. The molecule has 27 heavy (non-hydrogen) atoms. The van der Waals surface area contributed by atoms with Crippen LogP contribution in [0, 0.1) is 11.6 Å². The van der Waals surface area contributed by atoms with Crippen LogP contribution in [-0.4, -0.2) is 11.8 Å². The highest BCUT2D eigenvalue weighted by Crippen LogP contribution is 2.26. The summed E-state index contributed by atoms with van der Waals surface area (Å²) in [5.74, 6) is -3.66. The molecule has 0 unspecified atom stereocenters. The highest BCUT2D eigenvalue weighted by molar-refractivity contribution is 6.45. The third kappa shape index (κ3) is 4.09. The van der Waals surface area contributed by atoms with Crippen molar-refractivity contribution in [3.05, 3.63) is 84.4 Å². The molecule has 3 aromatic rings. The maximum atomic E-state index is 13.8. The third-order valence-corrected chi connectivity index (χ3v) is 3.74. The molecule has 2 amide bonds. The number of nitrogens with one attached hydrogen (secondary N) is 1. The van der Waals surface area contributed by atoms with E-state index >= 15 is 0 Å². The molecule has 7 heteroatoms. The molecule has 0 heterocycles. The number of anilines is 4. The average molecular weight is 367 g/mol. The third-order valence-electron chi connectivity index (χ3n) is 3.74. The Bertz CT molecular complexity index is 976. The van der Waals surface area contributed by atoms with Crippen molar-refractivity contribution in [1.82, 2.24) is 0 Å². The molecule has 3 aromatic carbocycles. The molecule has 0 aromatic heterocycles. The first kappa shape index (κ1) is 18.1. The lowest BCUT2D eigenvalue weighted by atomic mass is 10.2. The monoisotopic (exact) mass is 367 g/mol. The number of benzene rings is 3. The molecule has 0 saturated heterocycles. The minimum atomic E-state index is -1.11. The van der Waals surface area contributed by atoms with E-state index in [2.05, 4.69) is 5.32 Å². The number of hydrogen-bond donors (Lipinski definition) is 2. The van der Waals surface area contributed by atoms with Gasteiger partial charge in [-0.2, -0.15) is 0 Å². The van der Waals surface area contributed by atoms with E-state index < -0.39 is 29.1 Å². The molecule has 136 valence electrons. The summed E-state index contributed by atoms with van der Waals surface area (Å²) in [6.45, 7) is 0. The molecule has 0 aliphatic heterocycles. The predicted molar refractivity (Wildman–Crippen MR) is 99.4 cm³/mol. The van der Waals surface area contributed by atoms with Crippen LogP contribution in [0.4, 0.5) is 31.5 Å². The van der Waals surface area contributed by atoms with Gasteiger partial charge >= 0.3 is 11.8 Å². The lowest BCUT2D eigenvalue weighted by Crippen LogP contribution is -2.37. The topological polar surface area (TPSA) is 75.4 Å². The zero-order valence-corrected chi connectivity index (χ0v) is 14.0. The lowest BCUT2D eigenvalue weighted by Gasteiger charge is -2.22. The van der Waals surface area contributed by atoms with Gasteiger partial charge in [0.25, 0.3) is 0 Å². The maximum absolute atomic E-state index is 13.8. The molecule has 0 atom stereocenters. The Hall–Kier alpha value is -3.74. The SMILES string of the molecule is Nc1ccc(N(C(=O)C(=O)Nc2cc(F)ccc2F)c2ccccc2)cc1. The number of carbonyl (C=O) groups is 2. The van der Waals surface area contributed by atoms with Gasteiger partial charge in [0.2, 0.25) is 0 Å². The van der Waals surface area contributed by atoms with Crippen molar-refractivity contribution >= 4 is 34.6 Å². The van der Waals surface area contributed by atoms with Gasteiger partial charge in [0.05, 0.1) is 5.69 Å². The van der Waals surface area contributed by atoms with Gasteiger partial charge in [-0.05, 0) is 48.5 Å². The van der Waals surface area contributed by atoms with Gasteiger partial charge in [-0.15, -0.1) is 0 Å². The average Bonchev–Trinajstić information content (AvgIpc) is 2.67. The van der Waals surface area contributed by atoms with Crippen molar-refractivity contribution in [2.24, 2.45) is 0 Å². The second kappa shape index (κ2) is 7.65. The normalized spacial score (nSPS) is 10.3. The van der Waals surface area contributed by atoms with Crippen LogP contribution in [0.15, 0.2) is 72.8 Å². The van der Waals surface area contributed by atoms with E-state index in [9.17, 15) is 18.4 Å². The molecular formula is C20H15F2N3O2. The first-order chi connectivity index (χ1) is 13.0. The van der Waals surface area contributed by atoms with Crippen LogP contribution >= 0.6 is 0 Å². The van der Waals surface area contributed by atoms with Crippen molar-refractivity contribution in [2.45, 2.75) is 0 Å². The van der Waals surface area contributed by atoms with Crippen molar-refractivity contribution < 1.29 is 18.4 Å². The summed E-state index contributed by atoms with van der Waals surface area (Å²) in [7, 11) is 0. The van der Waals surface area contributed by atoms with Gasteiger partial charge < -0.3 is 11.1 Å². The standard InChI is InChI=1S/C20H15F2N3O2/c21-13-6-11-17(22)18(12-13)24-19(26)20(27)25(15-4-2-1-3-5-15)16-9-7-14(23)8-10-16/h1-12H,23H2,(H,24,26). The fourth-order valence-electron chi connectivity index (χ4n) is 2.45. The molecule has 0 aliphatic carbocycles. The highest BCUT2D eigenvalue weighted by atomic mass is 19.1. The van der Waals surface area contributed by atoms with Crippen LogP contribution in [0.5, 0.6) is 0 Å². The molecule has 5 nitrogen and oxygen atoms in total. The van der Waals surface area contributed by atoms with Crippen LogP contribution < -0.4 is 16.0 Å². The van der Waals surface area contributed by atoms with Gasteiger partial charge in [0.1, 0.15) is 11.6 Å². The Labute approximate surface area is 154 Å². The summed E-state index contributed by atoms with van der Waals surface area (Å²) in [5, 5.41) is 2.11. The largest absolute Gasteiger partial charge is 0.399 e. The number of nitrogens with two attached hydrogens (primary N) is 1. The number of para-hydroxylation sites is 1. The fourth-order valence-corrected chi connectivity index (χ4v) is 2.45. The molecule has 0 spiro atoms. The number of nitrogen functional groups attached to an aromatic ring is 1. The van der Waals surface area contributed by atoms with E-state index in [1.165, 1.54) is 0 Å². The Morgan fingerprint density at radius 2 is 1.48 bits per heavy atom. The van der Waals surface area contributed by atoms with E-state index in [0.29, 0.717) is 17.1 Å². The molecule has 0 fully saturated rings. The molecule has 0 aliphatic rings. The van der Waals surface area contributed by atoms with Gasteiger partial charge in [-0.3, -0.25) is 14.5 Å². The summed E-state index contributed by atoms with van der Waals surface area (Å²) < 4.78 is 27.1. The quantitative estimate of drug-likeness (QED) is 0.545. The van der Waals surface area contributed by atoms with E-state index in [4.69, 9.17) is 5.73 Å². The number of carbonyl (C=O) groups excluding carboxylic acids is 2. The number of hydrogen-bond acceptors (Lipinski definition) is 3. The molecule has 3 N–H and O–H groups in total. The minimum Gasteiger partial charge on any atom is -0.399 e. The van der Waals surface area contributed by atoms with Crippen molar-refractivity contribution in [2.75, 3.05) is 16.0 Å². The highest BCUT2D eigenvalue weighted by Gasteiger charge is 2.25. The molecule has 0 saturated carbocycles. The lowest BCUT2D eigenvalue weighted by molar-refractivity contribution is -0.134. The number of rotatable bonds is 3. The van der Waals surface area contributed by atoms with Crippen LogP contribution in [0.2, 0.25) is 0 Å². The van der Waals surface area contributed by atoms with Gasteiger partial charge in [-0.25, -0.2) is 8.78 Å². The minimum absolute atomic E-state index is 0.398. The Morgan fingerprint density at radius 1 is 0.852 bits per heavy atom. The Balaban J connectivity index is 1.94. The number of nitrogens with zero attached hydrogens (tertiary/aromatic N) is 1. The first-order valence-electron chi connectivity index (χ1n) is 7.97. The van der Waals surface area contributed by atoms with E-state index in [0.717, 1.165) is 23.1 Å². The van der Waals surface area contributed by atoms with E-state index in [-0.39, 0.29) is 0 Å². The number of halogens is 2. The Morgan fingerprint density at radius 3 is 2.15 bits per heavy atom. The van der Waals surface area contributed by atoms with Crippen LogP contribution in [0.1, 0.15) is 0 Å². The van der Waals surface area contributed by atoms with Crippen molar-refractivity contribution in [3.63, 3.8) is 0 Å². The molecule has 0 radical (unpaired) electrons. The van der Waals surface area contributed by atoms with Crippen molar-refractivity contribution in [3.8, 4) is 0 Å². The predicted octanol–water partition coefficient (Wildman–Crippen LogP) is 3.85. The fraction of sp³-hybridized carbons (Fsp3) is 0. The summed E-state index contributed by atoms with van der Waals surface area (Å²) in [6, 6.07) is 17.4. The summed E-state index contributed by atoms with van der Waals surface area (Å²) >= 11 is 0. The summed E-state index contributed by atoms with van der Waals surface area (Å²) in [5.41, 5.74) is 6.58. The molecule has 3 rings (SSSR count). The van der Waals surface area contributed by atoms with E-state index in [1.54, 1.807) is 54.6 Å². The first-order valence-corrected chi connectivity index (χ1v) is 7.97. The smallest absolute Gasteiger partial charge is 0.321 e.